The van der Waals surface area contributed by atoms with E-state index in [0.717, 1.165) is 16.7 Å². The van der Waals surface area contributed by atoms with Gasteiger partial charge in [-0.25, -0.2) is 0 Å². The molecule has 17 heavy (non-hydrogen) atoms. The molecule has 1 aromatic carbocycles. The molecule has 5 nitrogen and oxygen atoms in total. The van der Waals surface area contributed by atoms with Crippen molar-refractivity contribution in [3.8, 4) is 11.1 Å². The van der Waals surface area contributed by atoms with Gasteiger partial charge >= 0.3 is 0 Å². The third-order valence-electron chi connectivity index (χ3n) is 2.11. The Kier molecular flexibility index (Phi) is 3.46. The number of rotatable bonds is 3. The van der Waals surface area contributed by atoms with E-state index >= 15 is 0 Å². The number of nitrogens with two attached hydrogens (primary N) is 1. The van der Waals surface area contributed by atoms with Crippen LogP contribution in [0.3, 0.4) is 0 Å². The lowest BCUT2D eigenvalue weighted by atomic mass is 10.1. The molecule has 6 heteroatoms. The average molecular weight is 245 g/mol. The van der Waals surface area contributed by atoms with Gasteiger partial charge in [-0.05, 0) is 29.4 Å². The molecule has 2 rings (SSSR count). The highest BCUT2D eigenvalue weighted by Gasteiger charge is 1.98. The van der Waals surface area contributed by atoms with Crippen molar-refractivity contribution in [2.45, 2.75) is 0 Å². The van der Waals surface area contributed by atoms with Crippen molar-refractivity contribution in [1.29, 1.82) is 0 Å². The summed E-state index contributed by atoms with van der Waals surface area (Å²) in [7, 11) is 0. The number of hydrogen-bond donors (Lipinski definition) is 3. The molecular weight excluding hydrogens is 234 g/mol. The number of H-pyrrole nitrogens is 1. The zero-order chi connectivity index (χ0) is 12.1. The summed E-state index contributed by atoms with van der Waals surface area (Å²) >= 11 is 4.64. The fraction of sp³-hybridized carbons (Fsp3) is 0. The molecule has 0 spiro atoms. The first-order valence-corrected chi connectivity index (χ1v) is 5.34. The van der Waals surface area contributed by atoms with Gasteiger partial charge in [0.1, 0.15) is 0 Å². The van der Waals surface area contributed by atoms with Gasteiger partial charge in [-0.3, -0.25) is 10.5 Å². The summed E-state index contributed by atoms with van der Waals surface area (Å²) in [4.78, 5) is 0. The predicted molar refractivity (Wildman–Crippen MR) is 71.5 cm³/mol. The summed E-state index contributed by atoms with van der Waals surface area (Å²) in [5.41, 5.74) is 10.8. The molecule has 0 aliphatic rings. The molecule has 0 radical (unpaired) electrons. The first-order chi connectivity index (χ1) is 8.25. The molecule has 2 aromatic rings. The minimum Gasteiger partial charge on any atom is -0.375 e. The normalized spacial score (nSPS) is 10.6. The molecular formula is C11H11N5S. The van der Waals surface area contributed by atoms with Crippen LogP contribution in [0.1, 0.15) is 5.56 Å². The second kappa shape index (κ2) is 5.22. The van der Waals surface area contributed by atoms with Gasteiger partial charge in [0, 0.05) is 11.8 Å². The van der Waals surface area contributed by atoms with Crippen LogP contribution in [-0.4, -0.2) is 21.5 Å². The summed E-state index contributed by atoms with van der Waals surface area (Å²) < 4.78 is 0. The standard InChI is InChI=1S/C11H11N5S/c12-11(17)16-15-5-8-2-1-3-9(4-8)10-6-13-14-7-10/h1-7H,(H,13,14)(H3,12,16,17). The third-order valence-corrected chi connectivity index (χ3v) is 2.20. The smallest absolute Gasteiger partial charge is 0.184 e. The lowest BCUT2D eigenvalue weighted by molar-refractivity contribution is 1.04. The van der Waals surface area contributed by atoms with Crippen LogP contribution in [0.15, 0.2) is 41.8 Å². The first-order valence-electron chi connectivity index (χ1n) is 4.93. The Morgan fingerprint density at radius 1 is 1.47 bits per heavy atom. The summed E-state index contributed by atoms with van der Waals surface area (Å²) in [6.45, 7) is 0. The number of thiocarbonyl (C=S) groups is 1. The van der Waals surface area contributed by atoms with Gasteiger partial charge in [-0.1, -0.05) is 18.2 Å². The number of nitrogens with one attached hydrogen (secondary N) is 2. The highest BCUT2D eigenvalue weighted by atomic mass is 32.1. The van der Waals surface area contributed by atoms with Gasteiger partial charge in [0.25, 0.3) is 0 Å². The Labute approximate surface area is 104 Å². The molecule has 0 saturated heterocycles. The van der Waals surface area contributed by atoms with Gasteiger partial charge in [0.05, 0.1) is 12.4 Å². The average Bonchev–Trinajstić information content (AvgIpc) is 2.82. The van der Waals surface area contributed by atoms with Crippen molar-refractivity contribution >= 4 is 23.5 Å². The number of aromatic nitrogens is 2. The van der Waals surface area contributed by atoms with E-state index in [1.807, 2.05) is 30.5 Å². The fourth-order valence-electron chi connectivity index (χ4n) is 1.38. The minimum atomic E-state index is 0.146. The monoisotopic (exact) mass is 245 g/mol. The summed E-state index contributed by atoms with van der Waals surface area (Å²) in [6.07, 6.45) is 5.26. The minimum absolute atomic E-state index is 0.146. The van der Waals surface area contributed by atoms with Crippen molar-refractivity contribution in [3.05, 3.63) is 42.2 Å². The van der Waals surface area contributed by atoms with Crippen LogP contribution in [0.2, 0.25) is 0 Å². The Hall–Kier alpha value is -2.21. The van der Waals surface area contributed by atoms with Crippen LogP contribution in [0.25, 0.3) is 11.1 Å². The zero-order valence-electron chi connectivity index (χ0n) is 8.92. The summed E-state index contributed by atoms with van der Waals surface area (Å²) in [5, 5.41) is 10.7. The third kappa shape index (κ3) is 3.12. The van der Waals surface area contributed by atoms with E-state index in [0.29, 0.717) is 0 Å². The summed E-state index contributed by atoms with van der Waals surface area (Å²) in [5.74, 6) is 0. The largest absolute Gasteiger partial charge is 0.375 e. The Morgan fingerprint density at radius 2 is 2.35 bits per heavy atom. The SMILES string of the molecule is NC(=S)NN=Cc1cccc(-c2cn[nH]c2)c1. The van der Waals surface area contributed by atoms with Crippen molar-refractivity contribution in [3.63, 3.8) is 0 Å². The molecule has 4 N–H and O–H groups in total. The molecule has 0 fully saturated rings. The number of benzene rings is 1. The number of nitrogens with zero attached hydrogens (tertiary/aromatic N) is 2. The highest BCUT2D eigenvalue weighted by molar-refractivity contribution is 7.80. The van der Waals surface area contributed by atoms with Crippen LogP contribution in [0, 0.1) is 0 Å². The molecule has 0 atom stereocenters. The Bertz CT molecular complexity index is 533. The predicted octanol–water partition coefficient (Wildman–Crippen LogP) is 1.24. The molecule has 1 aromatic heterocycles. The molecule has 0 aliphatic heterocycles. The van der Waals surface area contributed by atoms with Crippen molar-refractivity contribution in [2.75, 3.05) is 0 Å². The Morgan fingerprint density at radius 3 is 3.06 bits per heavy atom. The van der Waals surface area contributed by atoms with Crippen molar-refractivity contribution < 1.29 is 0 Å². The van der Waals surface area contributed by atoms with E-state index < -0.39 is 0 Å². The van der Waals surface area contributed by atoms with E-state index in [9.17, 15) is 0 Å². The fourth-order valence-corrected chi connectivity index (χ4v) is 1.43. The highest BCUT2D eigenvalue weighted by Crippen LogP contribution is 2.17. The molecule has 0 unspecified atom stereocenters. The first kappa shape index (κ1) is 11.3. The van der Waals surface area contributed by atoms with Crippen LogP contribution < -0.4 is 11.2 Å². The van der Waals surface area contributed by atoms with E-state index in [-0.39, 0.29) is 5.11 Å². The van der Waals surface area contributed by atoms with E-state index in [1.54, 1.807) is 12.4 Å². The number of aromatic amines is 1. The van der Waals surface area contributed by atoms with Crippen molar-refractivity contribution in [1.82, 2.24) is 15.6 Å². The Balaban J connectivity index is 2.17. The maximum Gasteiger partial charge on any atom is 0.184 e. The number of hydrogen-bond acceptors (Lipinski definition) is 3. The lowest BCUT2D eigenvalue weighted by Gasteiger charge is -1.99. The molecule has 0 bridgehead atoms. The van der Waals surface area contributed by atoms with Gasteiger partial charge < -0.3 is 5.73 Å². The molecule has 1 heterocycles. The quantitative estimate of drug-likeness (QED) is 0.432. The van der Waals surface area contributed by atoms with Crippen LogP contribution in [0.5, 0.6) is 0 Å². The molecule has 0 amide bonds. The molecule has 0 saturated carbocycles. The lowest BCUT2D eigenvalue weighted by Crippen LogP contribution is -2.23. The number of hydrazone groups is 1. The van der Waals surface area contributed by atoms with Gasteiger partial charge in [0.2, 0.25) is 0 Å². The van der Waals surface area contributed by atoms with E-state index in [1.165, 1.54) is 0 Å². The summed E-state index contributed by atoms with van der Waals surface area (Å²) in [6, 6.07) is 7.89. The zero-order valence-corrected chi connectivity index (χ0v) is 9.74. The van der Waals surface area contributed by atoms with Crippen LogP contribution in [0.4, 0.5) is 0 Å². The molecule has 0 aliphatic carbocycles. The second-order valence-electron chi connectivity index (χ2n) is 3.35. The van der Waals surface area contributed by atoms with Crippen LogP contribution in [-0.2, 0) is 0 Å². The van der Waals surface area contributed by atoms with Gasteiger partial charge in [-0.15, -0.1) is 0 Å². The van der Waals surface area contributed by atoms with E-state index in [2.05, 4.69) is 32.9 Å². The maximum absolute atomic E-state index is 5.26. The van der Waals surface area contributed by atoms with Gasteiger partial charge in [0.15, 0.2) is 5.11 Å². The second-order valence-corrected chi connectivity index (χ2v) is 3.79. The molecule has 86 valence electrons. The van der Waals surface area contributed by atoms with Crippen molar-refractivity contribution in [2.24, 2.45) is 10.8 Å². The topological polar surface area (TPSA) is 79.1 Å². The maximum atomic E-state index is 5.26. The van der Waals surface area contributed by atoms with Gasteiger partial charge in [-0.2, -0.15) is 10.2 Å². The van der Waals surface area contributed by atoms with E-state index in [4.69, 9.17) is 5.73 Å². The van der Waals surface area contributed by atoms with Crippen LogP contribution >= 0.6 is 12.2 Å².